The molecule has 1 unspecified atom stereocenters. The van der Waals surface area contributed by atoms with Crippen molar-refractivity contribution in [3.8, 4) is 5.88 Å². The van der Waals surface area contributed by atoms with Gasteiger partial charge in [0.2, 0.25) is 5.88 Å². The van der Waals surface area contributed by atoms with Gasteiger partial charge >= 0.3 is 6.18 Å². The molecule has 1 aliphatic carbocycles. The van der Waals surface area contributed by atoms with Crippen molar-refractivity contribution in [2.24, 2.45) is 11.8 Å². The quantitative estimate of drug-likeness (QED) is 0.298. The lowest BCUT2D eigenvalue weighted by atomic mass is 9.82. The number of rotatable bonds is 9. The number of carbonyl (C=O) groups excluding carboxylic acids is 1. The van der Waals surface area contributed by atoms with E-state index in [9.17, 15) is 31.5 Å². The van der Waals surface area contributed by atoms with E-state index in [0.29, 0.717) is 29.2 Å². The molecule has 7 nitrogen and oxygen atoms in total. The third-order valence-corrected chi connectivity index (χ3v) is 9.25. The highest BCUT2D eigenvalue weighted by Gasteiger charge is 2.41. The Morgan fingerprint density at radius 3 is 2.40 bits per heavy atom. The van der Waals surface area contributed by atoms with Gasteiger partial charge in [0.25, 0.3) is 5.91 Å². The highest BCUT2D eigenvalue weighted by molar-refractivity contribution is 7.91. The Kier molecular flexibility index (Phi) is 9.26. The maximum absolute atomic E-state index is 13.0. The first-order chi connectivity index (χ1) is 18.9. The van der Waals surface area contributed by atoms with Crippen LogP contribution in [0.25, 0.3) is 10.8 Å². The zero-order valence-electron chi connectivity index (χ0n) is 21.7. The normalized spacial score (nSPS) is 18.9. The van der Waals surface area contributed by atoms with Crippen molar-refractivity contribution in [1.29, 1.82) is 0 Å². The topological polar surface area (TPSA) is 106 Å². The maximum Gasteiger partial charge on any atom is 0.391 e. The first kappa shape index (κ1) is 30.1. The Hall–Kier alpha value is -2.89. The third-order valence-electron chi connectivity index (χ3n) is 7.30. The van der Waals surface area contributed by atoms with Crippen LogP contribution in [0.4, 0.5) is 13.2 Å². The average Bonchev–Trinajstić information content (AvgIpc) is 2.93. The number of aliphatic hydroxyl groups is 1. The number of nitrogens with one attached hydrogen (secondary N) is 1. The van der Waals surface area contributed by atoms with Crippen LogP contribution >= 0.6 is 11.6 Å². The number of amides is 1. The highest BCUT2D eigenvalue weighted by atomic mass is 35.5. The Bertz CT molecular complexity index is 1460. The van der Waals surface area contributed by atoms with E-state index in [0.717, 1.165) is 0 Å². The monoisotopic (exact) mass is 598 g/mol. The number of aromatic nitrogens is 1. The second kappa shape index (κ2) is 12.3. The van der Waals surface area contributed by atoms with E-state index in [2.05, 4.69) is 10.3 Å². The zero-order chi connectivity index (χ0) is 29.1. The van der Waals surface area contributed by atoms with Crippen molar-refractivity contribution in [1.82, 2.24) is 10.3 Å². The van der Waals surface area contributed by atoms with Gasteiger partial charge in [0, 0.05) is 10.9 Å². The van der Waals surface area contributed by atoms with Gasteiger partial charge in [-0.3, -0.25) is 4.79 Å². The van der Waals surface area contributed by atoms with E-state index in [1.54, 1.807) is 43.3 Å². The van der Waals surface area contributed by atoms with Gasteiger partial charge in [-0.05, 0) is 78.9 Å². The number of pyridine rings is 1. The Labute approximate surface area is 235 Å². The molecule has 1 atom stereocenters. The summed E-state index contributed by atoms with van der Waals surface area (Å²) in [5.74, 6) is -1.55. The lowest BCUT2D eigenvalue weighted by Crippen LogP contribution is -2.30. The zero-order valence-corrected chi connectivity index (χ0v) is 23.3. The van der Waals surface area contributed by atoms with Crippen molar-refractivity contribution in [2.45, 2.75) is 49.7 Å². The minimum Gasteiger partial charge on any atom is -0.477 e. The van der Waals surface area contributed by atoms with Crippen LogP contribution in [-0.4, -0.2) is 49.6 Å². The van der Waals surface area contributed by atoms with Crippen molar-refractivity contribution >= 4 is 38.1 Å². The number of ether oxygens (including phenoxy) is 1. The number of aliphatic hydroxyl groups excluding tert-OH is 1. The molecule has 1 fully saturated rings. The molecule has 1 aliphatic rings. The summed E-state index contributed by atoms with van der Waals surface area (Å²) < 4.78 is 68.9. The van der Waals surface area contributed by atoms with Crippen LogP contribution in [0.3, 0.4) is 0 Å². The largest absolute Gasteiger partial charge is 0.477 e. The molecule has 1 saturated carbocycles. The molecule has 216 valence electrons. The summed E-state index contributed by atoms with van der Waals surface area (Å²) in [5.41, 5.74) is 0.828. The number of hydrogen-bond acceptors (Lipinski definition) is 6. The summed E-state index contributed by atoms with van der Waals surface area (Å²) in [4.78, 5) is 17.4. The number of alkyl halides is 3. The summed E-state index contributed by atoms with van der Waals surface area (Å²) in [7, 11) is -3.38. The van der Waals surface area contributed by atoms with Crippen LogP contribution in [0.2, 0.25) is 5.15 Å². The van der Waals surface area contributed by atoms with Gasteiger partial charge in [0.1, 0.15) is 5.15 Å². The molecule has 12 heteroatoms. The molecule has 40 heavy (non-hydrogen) atoms. The third kappa shape index (κ3) is 7.05. The number of benzene rings is 2. The van der Waals surface area contributed by atoms with Gasteiger partial charge in [-0.25, -0.2) is 13.4 Å². The van der Waals surface area contributed by atoms with Gasteiger partial charge in [-0.15, -0.1) is 0 Å². The van der Waals surface area contributed by atoms with E-state index in [1.165, 1.54) is 12.1 Å². The average molecular weight is 599 g/mol. The van der Waals surface area contributed by atoms with E-state index < -0.39 is 40.5 Å². The molecule has 1 heterocycles. The van der Waals surface area contributed by atoms with Crippen LogP contribution in [0.5, 0.6) is 5.88 Å². The fourth-order valence-corrected chi connectivity index (χ4v) is 5.93. The second-order valence-corrected chi connectivity index (χ2v) is 12.6. The van der Waals surface area contributed by atoms with E-state index in [-0.39, 0.29) is 52.6 Å². The summed E-state index contributed by atoms with van der Waals surface area (Å²) in [6, 6.07) is 11.6. The number of fused-ring (bicyclic) bond motifs is 1. The minimum absolute atomic E-state index is 0.0222. The Balaban J connectivity index is 1.45. The molecule has 0 bridgehead atoms. The lowest BCUT2D eigenvalue weighted by molar-refractivity contribution is -0.184. The number of sulfone groups is 1. The molecule has 1 aromatic heterocycles. The molecule has 0 aliphatic heterocycles. The lowest BCUT2D eigenvalue weighted by Gasteiger charge is -2.29. The smallest absolute Gasteiger partial charge is 0.391 e. The van der Waals surface area contributed by atoms with Crippen LogP contribution in [-0.2, 0) is 9.84 Å². The summed E-state index contributed by atoms with van der Waals surface area (Å²) in [6.45, 7) is 1.36. The minimum atomic E-state index is -4.17. The first-order valence-corrected chi connectivity index (χ1v) is 15.0. The molecular weight excluding hydrogens is 569 g/mol. The van der Waals surface area contributed by atoms with Crippen LogP contribution in [0.15, 0.2) is 53.4 Å². The van der Waals surface area contributed by atoms with Gasteiger partial charge in [-0.1, -0.05) is 30.7 Å². The SMILES string of the molecule is CCS(=O)(=O)c1ccc(C(CO)NC(=O)c2ccc3c(OCC4CCC(C(F)(F)F)CC4)nc(Cl)cc3c2)cc1. The molecule has 0 saturated heterocycles. The maximum atomic E-state index is 13.0. The van der Waals surface area contributed by atoms with Crippen molar-refractivity contribution in [2.75, 3.05) is 19.0 Å². The number of carbonyl (C=O) groups is 1. The highest BCUT2D eigenvalue weighted by Crippen LogP contribution is 2.40. The standard InChI is InChI=1S/C28H30ClF3N2O5S/c1-2-40(37,38)22-10-5-18(6-11-22)24(15-35)33-26(36)19-7-12-23-20(13-19)14-25(29)34-27(23)39-16-17-3-8-21(9-4-17)28(30,31)32/h5-7,10-14,17,21,24,35H,2-4,8-9,15-16H2,1H3,(H,33,36). The number of hydrogen-bond donors (Lipinski definition) is 2. The Morgan fingerprint density at radius 1 is 1.12 bits per heavy atom. The second-order valence-electron chi connectivity index (χ2n) is 9.94. The summed E-state index contributed by atoms with van der Waals surface area (Å²) >= 11 is 6.20. The predicted molar refractivity (Wildman–Crippen MR) is 145 cm³/mol. The molecule has 2 aromatic carbocycles. The fraction of sp³-hybridized carbons (Fsp3) is 0.429. The van der Waals surface area contributed by atoms with E-state index in [4.69, 9.17) is 16.3 Å². The summed E-state index contributed by atoms with van der Waals surface area (Å²) in [5, 5.41) is 13.9. The molecule has 4 rings (SSSR count). The van der Waals surface area contributed by atoms with Crippen LogP contribution < -0.4 is 10.1 Å². The van der Waals surface area contributed by atoms with Gasteiger partial charge < -0.3 is 15.2 Å². The van der Waals surface area contributed by atoms with E-state index >= 15 is 0 Å². The van der Waals surface area contributed by atoms with Crippen LogP contribution in [0.1, 0.15) is 54.6 Å². The summed E-state index contributed by atoms with van der Waals surface area (Å²) in [6.07, 6.45) is -3.18. The molecule has 0 spiro atoms. The molecule has 0 radical (unpaired) electrons. The van der Waals surface area contributed by atoms with Gasteiger partial charge in [0.05, 0.1) is 35.8 Å². The molecule has 2 N–H and O–H groups in total. The number of halogens is 4. The predicted octanol–water partition coefficient (Wildman–Crippen LogP) is 5.89. The van der Waals surface area contributed by atoms with Crippen molar-refractivity contribution < 1.29 is 36.2 Å². The Morgan fingerprint density at radius 2 is 1.80 bits per heavy atom. The molecule has 3 aromatic rings. The van der Waals surface area contributed by atoms with Gasteiger partial charge in [0.15, 0.2) is 9.84 Å². The van der Waals surface area contributed by atoms with Crippen molar-refractivity contribution in [3.05, 3.63) is 64.8 Å². The first-order valence-electron chi connectivity index (χ1n) is 13.0. The molecule has 1 amide bonds. The van der Waals surface area contributed by atoms with E-state index in [1.807, 2.05) is 0 Å². The van der Waals surface area contributed by atoms with Crippen LogP contribution in [0, 0.1) is 11.8 Å². The van der Waals surface area contributed by atoms with Gasteiger partial charge in [-0.2, -0.15) is 13.2 Å². The number of nitrogens with zero attached hydrogens (tertiary/aromatic N) is 1. The molecular formula is C28H30ClF3N2O5S. The fourth-order valence-electron chi connectivity index (χ4n) is 4.85. The van der Waals surface area contributed by atoms with Crippen molar-refractivity contribution in [3.63, 3.8) is 0 Å².